The van der Waals surface area contributed by atoms with Crippen molar-refractivity contribution in [2.75, 3.05) is 6.54 Å². The van der Waals surface area contributed by atoms with Crippen LogP contribution in [0.4, 0.5) is 8.78 Å². The maximum atomic E-state index is 13.6. The maximum Gasteiger partial charge on any atom is 0.223 e. The number of amides is 1. The molecule has 20 heavy (non-hydrogen) atoms. The zero-order chi connectivity index (χ0) is 14.3. The maximum absolute atomic E-state index is 13.6. The van der Waals surface area contributed by atoms with Crippen molar-refractivity contribution < 1.29 is 18.7 Å². The van der Waals surface area contributed by atoms with Crippen LogP contribution in [0.15, 0.2) is 18.2 Å². The van der Waals surface area contributed by atoms with Crippen molar-refractivity contribution in [1.82, 2.24) is 5.32 Å². The Hall–Kier alpha value is -1.49. The number of aliphatic hydroxyl groups is 1. The van der Waals surface area contributed by atoms with Gasteiger partial charge < -0.3 is 10.4 Å². The van der Waals surface area contributed by atoms with Crippen LogP contribution in [0.1, 0.15) is 37.2 Å². The molecule has 3 nitrogen and oxygen atoms in total. The molecule has 2 aliphatic rings. The predicted octanol–water partition coefficient (Wildman–Crippen LogP) is 2.10. The van der Waals surface area contributed by atoms with Crippen molar-refractivity contribution in [2.45, 2.75) is 37.2 Å². The molecule has 3 rings (SSSR count). The molecule has 0 bridgehead atoms. The third kappa shape index (κ3) is 2.42. The molecule has 2 aliphatic carbocycles. The molecular formula is C15H17F2NO2. The summed E-state index contributed by atoms with van der Waals surface area (Å²) in [6, 6.07) is 3.74. The molecule has 0 spiro atoms. The first kappa shape index (κ1) is 13.5. The molecule has 5 heteroatoms. The van der Waals surface area contributed by atoms with E-state index in [2.05, 4.69) is 5.32 Å². The Bertz CT molecular complexity index is 522. The van der Waals surface area contributed by atoms with Gasteiger partial charge in [-0.2, -0.15) is 0 Å². The minimum absolute atomic E-state index is 0.00926. The average molecular weight is 281 g/mol. The van der Waals surface area contributed by atoms with Gasteiger partial charge in [0.2, 0.25) is 5.91 Å². The van der Waals surface area contributed by atoms with Crippen LogP contribution in [0.2, 0.25) is 0 Å². The fraction of sp³-hybridized carbons (Fsp3) is 0.533. The summed E-state index contributed by atoms with van der Waals surface area (Å²) in [5.74, 6) is -2.18. The molecule has 1 aromatic carbocycles. The van der Waals surface area contributed by atoms with Crippen molar-refractivity contribution in [3.05, 3.63) is 35.4 Å². The molecule has 2 unspecified atom stereocenters. The number of benzene rings is 1. The number of nitrogens with one attached hydrogen (secondary N) is 1. The molecule has 0 aliphatic heterocycles. The largest absolute Gasteiger partial charge is 0.388 e. The molecular weight excluding hydrogens is 264 g/mol. The van der Waals surface area contributed by atoms with Gasteiger partial charge in [-0.1, -0.05) is 6.07 Å². The molecule has 2 N–H and O–H groups in total. The lowest BCUT2D eigenvalue weighted by molar-refractivity contribution is -0.124. The minimum Gasteiger partial charge on any atom is -0.388 e. The Morgan fingerprint density at radius 1 is 1.35 bits per heavy atom. The summed E-state index contributed by atoms with van der Waals surface area (Å²) < 4.78 is 27.2. The summed E-state index contributed by atoms with van der Waals surface area (Å²) >= 11 is 0. The van der Waals surface area contributed by atoms with Crippen LogP contribution in [-0.4, -0.2) is 23.2 Å². The summed E-state index contributed by atoms with van der Waals surface area (Å²) in [5, 5.41) is 12.6. The Morgan fingerprint density at radius 3 is 2.55 bits per heavy atom. The second kappa shape index (κ2) is 4.81. The van der Waals surface area contributed by atoms with E-state index in [9.17, 15) is 18.7 Å². The number of rotatable bonds is 4. The van der Waals surface area contributed by atoms with E-state index in [1.54, 1.807) is 0 Å². The Kier molecular flexibility index (Phi) is 3.24. The van der Waals surface area contributed by atoms with E-state index in [0.29, 0.717) is 19.3 Å². The molecule has 2 atom stereocenters. The highest BCUT2D eigenvalue weighted by Gasteiger charge is 2.47. The topological polar surface area (TPSA) is 49.3 Å². The summed E-state index contributed by atoms with van der Waals surface area (Å²) in [6.07, 6.45) is 2.83. The van der Waals surface area contributed by atoms with Gasteiger partial charge >= 0.3 is 0 Å². The fourth-order valence-electron chi connectivity index (χ4n) is 2.81. The van der Waals surface area contributed by atoms with Gasteiger partial charge in [-0.15, -0.1) is 0 Å². The van der Waals surface area contributed by atoms with E-state index >= 15 is 0 Å². The first-order valence-corrected chi connectivity index (χ1v) is 6.94. The van der Waals surface area contributed by atoms with Crippen LogP contribution in [-0.2, 0) is 4.79 Å². The van der Waals surface area contributed by atoms with E-state index in [-0.39, 0.29) is 29.9 Å². The van der Waals surface area contributed by atoms with Crippen LogP contribution in [0.5, 0.6) is 0 Å². The molecule has 1 amide bonds. The number of carbonyl (C=O) groups is 1. The average Bonchev–Trinajstić information content (AvgIpc) is 3.14. The quantitative estimate of drug-likeness (QED) is 0.888. The smallest absolute Gasteiger partial charge is 0.223 e. The molecule has 0 aromatic heterocycles. The van der Waals surface area contributed by atoms with E-state index in [1.165, 1.54) is 18.2 Å². The Labute approximate surface area is 116 Å². The van der Waals surface area contributed by atoms with Crippen LogP contribution < -0.4 is 5.32 Å². The molecule has 0 radical (unpaired) electrons. The van der Waals surface area contributed by atoms with Gasteiger partial charge in [0.1, 0.15) is 11.6 Å². The normalized spacial score (nSPS) is 26.8. The molecule has 1 aromatic rings. The van der Waals surface area contributed by atoms with Gasteiger partial charge in [0.05, 0.1) is 5.60 Å². The number of carbonyl (C=O) groups excluding carboxylic acids is 1. The van der Waals surface area contributed by atoms with Gasteiger partial charge in [0.25, 0.3) is 0 Å². The van der Waals surface area contributed by atoms with Crippen LogP contribution in [0, 0.1) is 17.6 Å². The molecule has 2 fully saturated rings. The van der Waals surface area contributed by atoms with Gasteiger partial charge in [-0.05, 0) is 37.8 Å². The van der Waals surface area contributed by atoms with Gasteiger partial charge in [0, 0.05) is 23.9 Å². The van der Waals surface area contributed by atoms with Crippen LogP contribution in [0.25, 0.3) is 0 Å². The van der Waals surface area contributed by atoms with E-state index in [1.807, 2.05) is 0 Å². The number of hydrogen-bond acceptors (Lipinski definition) is 2. The highest BCUT2D eigenvalue weighted by atomic mass is 19.1. The van der Waals surface area contributed by atoms with Crippen molar-refractivity contribution in [1.29, 1.82) is 0 Å². The number of hydrogen-bond donors (Lipinski definition) is 2. The minimum atomic E-state index is -0.775. The lowest BCUT2D eigenvalue weighted by atomic mass is 9.80. The van der Waals surface area contributed by atoms with Crippen molar-refractivity contribution in [3.63, 3.8) is 0 Å². The van der Waals surface area contributed by atoms with Crippen molar-refractivity contribution in [2.24, 2.45) is 5.92 Å². The molecule has 0 saturated heterocycles. The first-order chi connectivity index (χ1) is 9.50. The summed E-state index contributed by atoms with van der Waals surface area (Å²) in [4.78, 5) is 11.9. The molecule has 2 saturated carbocycles. The lowest BCUT2D eigenvalue weighted by Gasteiger charge is -2.36. The summed E-state index contributed by atoms with van der Waals surface area (Å²) in [5.41, 5.74) is -0.765. The molecule has 0 heterocycles. The predicted molar refractivity (Wildman–Crippen MR) is 69.0 cm³/mol. The fourth-order valence-corrected chi connectivity index (χ4v) is 2.81. The zero-order valence-electron chi connectivity index (χ0n) is 11.0. The third-order valence-corrected chi connectivity index (χ3v) is 4.37. The van der Waals surface area contributed by atoms with E-state index in [0.717, 1.165) is 6.42 Å². The highest BCUT2D eigenvalue weighted by Crippen LogP contribution is 2.49. The highest BCUT2D eigenvalue weighted by molar-refractivity contribution is 5.83. The Morgan fingerprint density at radius 2 is 2.00 bits per heavy atom. The van der Waals surface area contributed by atoms with Gasteiger partial charge in [-0.25, -0.2) is 8.78 Å². The van der Waals surface area contributed by atoms with E-state index < -0.39 is 17.2 Å². The first-order valence-electron chi connectivity index (χ1n) is 6.94. The van der Waals surface area contributed by atoms with Gasteiger partial charge in [0.15, 0.2) is 0 Å². The molecule has 108 valence electrons. The monoisotopic (exact) mass is 281 g/mol. The second-order valence-electron chi connectivity index (χ2n) is 5.88. The van der Waals surface area contributed by atoms with E-state index in [4.69, 9.17) is 0 Å². The Balaban J connectivity index is 1.59. The summed E-state index contributed by atoms with van der Waals surface area (Å²) in [7, 11) is 0. The van der Waals surface area contributed by atoms with Crippen LogP contribution >= 0.6 is 0 Å². The van der Waals surface area contributed by atoms with Crippen molar-refractivity contribution >= 4 is 5.91 Å². The van der Waals surface area contributed by atoms with Crippen molar-refractivity contribution in [3.8, 4) is 0 Å². The standard InChI is InChI=1S/C15H17F2NO2/c16-11-3-1-4-12(17)13(11)9-7-10(9)14(19)18-8-15(20)5-2-6-15/h1,3-4,9-10,20H,2,5-8H2,(H,18,19). The second-order valence-corrected chi connectivity index (χ2v) is 5.88. The van der Waals surface area contributed by atoms with Crippen LogP contribution in [0.3, 0.4) is 0 Å². The third-order valence-electron chi connectivity index (χ3n) is 4.37. The van der Waals surface area contributed by atoms with Gasteiger partial charge in [-0.3, -0.25) is 4.79 Å². The lowest BCUT2D eigenvalue weighted by Crippen LogP contribution is -2.48. The SMILES string of the molecule is O=C(NCC1(O)CCC1)C1CC1c1c(F)cccc1F. The zero-order valence-corrected chi connectivity index (χ0v) is 11.0. The number of halogens is 2. The summed E-state index contributed by atoms with van der Waals surface area (Å²) in [6.45, 7) is 0.231.